The van der Waals surface area contributed by atoms with Crippen LogP contribution in [0.3, 0.4) is 0 Å². The molecular formula is C19H34O5. The fourth-order valence-corrected chi connectivity index (χ4v) is 2.26. The van der Waals surface area contributed by atoms with Crippen LogP contribution in [0, 0.1) is 11.3 Å². The van der Waals surface area contributed by atoms with Crippen molar-refractivity contribution in [1.82, 2.24) is 0 Å². The van der Waals surface area contributed by atoms with Crippen LogP contribution in [0.5, 0.6) is 0 Å². The molecule has 0 fully saturated rings. The Balaban J connectivity index is 4.63. The third-order valence-corrected chi connectivity index (χ3v) is 4.37. The van der Waals surface area contributed by atoms with Gasteiger partial charge in [0.1, 0.15) is 6.61 Å². The minimum Gasteiger partial charge on any atom is -0.463 e. The molecule has 5 nitrogen and oxygen atoms in total. The fourth-order valence-electron chi connectivity index (χ4n) is 2.26. The molecule has 0 saturated carbocycles. The SMILES string of the molecule is C=C(C)C(=O)OCCC(C)(CCCC(C)CC)C(=O)OCCOC. The lowest BCUT2D eigenvalue weighted by Crippen LogP contribution is -2.32. The van der Waals surface area contributed by atoms with Crippen molar-refractivity contribution in [3.63, 3.8) is 0 Å². The van der Waals surface area contributed by atoms with E-state index in [4.69, 9.17) is 14.2 Å². The Morgan fingerprint density at radius 1 is 1.12 bits per heavy atom. The lowest BCUT2D eigenvalue weighted by molar-refractivity contribution is -0.159. The number of methoxy groups -OCH3 is 1. The van der Waals surface area contributed by atoms with E-state index in [1.807, 2.05) is 6.92 Å². The molecule has 0 spiro atoms. The molecule has 0 rings (SSSR count). The van der Waals surface area contributed by atoms with E-state index in [2.05, 4.69) is 20.4 Å². The molecule has 0 aliphatic rings. The number of carbonyl (C=O) groups is 2. The van der Waals surface area contributed by atoms with E-state index >= 15 is 0 Å². The Morgan fingerprint density at radius 2 is 1.79 bits per heavy atom. The molecule has 5 heteroatoms. The molecule has 140 valence electrons. The zero-order valence-corrected chi connectivity index (χ0v) is 16.0. The molecule has 0 aromatic heterocycles. The van der Waals surface area contributed by atoms with Crippen molar-refractivity contribution in [3.05, 3.63) is 12.2 Å². The Hall–Kier alpha value is -1.36. The van der Waals surface area contributed by atoms with Gasteiger partial charge in [-0.1, -0.05) is 39.7 Å². The van der Waals surface area contributed by atoms with E-state index in [1.165, 1.54) is 0 Å². The topological polar surface area (TPSA) is 61.8 Å². The molecule has 2 atom stereocenters. The summed E-state index contributed by atoms with van der Waals surface area (Å²) in [6.07, 6.45) is 4.31. The van der Waals surface area contributed by atoms with E-state index in [-0.39, 0.29) is 19.2 Å². The van der Waals surface area contributed by atoms with Crippen molar-refractivity contribution in [1.29, 1.82) is 0 Å². The molecular weight excluding hydrogens is 308 g/mol. The zero-order chi connectivity index (χ0) is 18.6. The monoisotopic (exact) mass is 342 g/mol. The molecule has 0 aromatic rings. The second-order valence-electron chi connectivity index (χ2n) is 6.76. The van der Waals surface area contributed by atoms with Gasteiger partial charge in [-0.15, -0.1) is 0 Å². The fraction of sp³-hybridized carbons (Fsp3) is 0.789. The first-order chi connectivity index (χ1) is 11.3. The van der Waals surface area contributed by atoms with Crippen molar-refractivity contribution >= 4 is 11.9 Å². The summed E-state index contributed by atoms with van der Waals surface area (Å²) in [5.74, 6) is -0.0419. The summed E-state index contributed by atoms with van der Waals surface area (Å²) in [5, 5.41) is 0. The van der Waals surface area contributed by atoms with Crippen LogP contribution in [0.25, 0.3) is 0 Å². The first kappa shape index (κ1) is 22.6. The van der Waals surface area contributed by atoms with Crippen molar-refractivity contribution < 1.29 is 23.8 Å². The van der Waals surface area contributed by atoms with E-state index in [0.717, 1.165) is 19.3 Å². The van der Waals surface area contributed by atoms with Gasteiger partial charge in [0.25, 0.3) is 0 Å². The third-order valence-electron chi connectivity index (χ3n) is 4.37. The molecule has 0 bridgehead atoms. The Morgan fingerprint density at radius 3 is 2.33 bits per heavy atom. The maximum Gasteiger partial charge on any atom is 0.333 e. The van der Waals surface area contributed by atoms with Gasteiger partial charge in [-0.2, -0.15) is 0 Å². The Bertz CT molecular complexity index is 405. The molecule has 0 radical (unpaired) electrons. The second-order valence-corrected chi connectivity index (χ2v) is 6.76. The van der Waals surface area contributed by atoms with Crippen LogP contribution in [-0.2, 0) is 23.8 Å². The number of esters is 2. The third kappa shape index (κ3) is 9.06. The van der Waals surface area contributed by atoms with Gasteiger partial charge in [0.15, 0.2) is 0 Å². The van der Waals surface area contributed by atoms with Crippen LogP contribution in [0.15, 0.2) is 12.2 Å². The highest BCUT2D eigenvalue weighted by atomic mass is 16.6. The number of carbonyl (C=O) groups excluding carboxylic acids is 2. The quantitative estimate of drug-likeness (QED) is 0.288. The number of ether oxygens (including phenoxy) is 3. The van der Waals surface area contributed by atoms with Gasteiger partial charge in [-0.05, 0) is 32.6 Å². The highest BCUT2D eigenvalue weighted by molar-refractivity contribution is 5.86. The normalized spacial score (nSPS) is 14.5. The molecule has 0 aliphatic carbocycles. The van der Waals surface area contributed by atoms with Gasteiger partial charge in [-0.25, -0.2) is 4.79 Å². The first-order valence-corrected chi connectivity index (χ1v) is 8.75. The summed E-state index contributed by atoms with van der Waals surface area (Å²) in [5.41, 5.74) is -0.299. The molecule has 0 aromatic carbocycles. The van der Waals surface area contributed by atoms with Crippen LogP contribution in [0.1, 0.15) is 59.8 Å². The summed E-state index contributed by atoms with van der Waals surface area (Å²) in [7, 11) is 1.57. The molecule has 2 unspecified atom stereocenters. The average Bonchev–Trinajstić information content (AvgIpc) is 2.54. The number of hydrogen-bond donors (Lipinski definition) is 0. The van der Waals surface area contributed by atoms with Crippen LogP contribution in [-0.4, -0.2) is 38.9 Å². The summed E-state index contributed by atoms with van der Waals surface area (Å²) in [4.78, 5) is 24.0. The maximum atomic E-state index is 12.5. The zero-order valence-electron chi connectivity index (χ0n) is 16.0. The first-order valence-electron chi connectivity index (χ1n) is 8.75. The number of rotatable bonds is 13. The lowest BCUT2D eigenvalue weighted by atomic mass is 9.81. The van der Waals surface area contributed by atoms with Crippen molar-refractivity contribution in [2.24, 2.45) is 11.3 Å². The van der Waals surface area contributed by atoms with Crippen LogP contribution >= 0.6 is 0 Å². The van der Waals surface area contributed by atoms with Gasteiger partial charge >= 0.3 is 11.9 Å². The highest BCUT2D eigenvalue weighted by Crippen LogP contribution is 2.31. The van der Waals surface area contributed by atoms with Crippen molar-refractivity contribution in [3.8, 4) is 0 Å². The summed E-state index contributed by atoms with van der Waals surface area (Å²) >= 11 is 0. The van der Waals surface area contributed by atoms with Crippen molar-refractivity contribution in [2.45, 2.75) is 59.8 Å². The minimum absolute atomic E-state index is 0.185. The lowest BCUT2D eigenvalue weighted by Gasteiger charge is -2.27. The number of hydrogen-bond acceptors (Lipinski definition) is 5. The van der Waals surface area contributed by atoms with Gasteiger partial charge < -0.3 is 14.2 Å². The van der Waals surface area contributed by atoms with E-state index in [0.29, 0.717) is 30.9 Å². The van der Waals surface area contributed by atoms with Gasteiger partial charge in [-0.3, -0.25) is 4.79 Å². The molecule has 0 heterocycles. The Labute approximate surface area is 146 Å². The van der Waals surface area contributed by atoms with E-state index < -0.39 is 11.4 Å². The van der Waals surface area contributed by atoms with Gasteiger partial charge in [0.05, 0.1) is 18.6 Å². The largest absolute Gasteiger partial charge is 0.463 e. The highest BCUT2D eigenvalue weighted by Gasteiger charge is 2.34. The smallest absolute Gasteiger partial charge is 0.333 e. The minimum atomic E-state index is -0.656. The van der Waals surface area contributed by atoms with Crippen LogP contribution < -0.4 is 0 Å². The standard InChI is InChI=1S/C19H34O5/c1-7-16(4)9-8-10-19(5,18(21)24-14-13-22-6)11-12-23-17(20)15(2)3/h16H,2,7-14H2,1,3-6H3. The summed E-state index contributed by atoms with van der Waals surface area (Å²) < 4.78 is 15.4. The molecule has 24 heavy (non-hydrogen) atoms. The summed E-state index contributed by atoms with van der Waals surface area (Å²) in [6, 6.07) is 0. The van der Waals surface area contributed by atoms with Crippen LogP contribution in [0.4, 0.5) is 0 Å². The molecule has 0 N–H and O–H groups in total. The second kappa shape index (κ2) is 12.1. The predicted molar refractivity (Wildman–Crippen MR) is 94.6 cm³/mol. The van der Waals surface area contributed by atoms with Crippen molar-refractivity contribution in [2.75, 3.05) is 26.9 Å². The molecule has 0 aliphatic heterocycles. The van der Waals surface area contributed by atoms with E-state index in [9.17, 15) is 9.59 Å². The van der Waals surface area contributed by atoms with Gasteiger partial charge in [0.2, 0.25) is 0 Å². The van der Waals surface area contributed by atoms with E-state index in [1.54, 1.807) is 14.0 Å². The van der Waals surface area contributed by atoms with Crippen LogP contribution in [0.2, 0.25) is 0 Å². The Kier molecular flexibility index (Phi) is 11.4. The molecule has 0 amide bonds. The summed E-state index contributed by atoms with van der Waals surface area (Å²) in [6.45, 7) is 12.2. The average molecular weight is 342 g/mol. The predicted octanol–water partition coefficient (Wildman–Crippen LogP) is 3.91. The maximum absolute atomic E-state index is 12.5. The van der Waals surface area contributed by atoms with Gasteiger partial charge in [0, 0.05) is 12.7 Å². The molecule has 0 saturated heterocycles.